The van der Waals surface area contributed by atoms with Crippen LogP contribution in [0.1, 0.15) is 50.7 Å². The van der Waals surface area contributed by atoms with E-state index in [4.69, 9.17) is 0 Å². The fourth-order valence-electron chi connectivity index (χ4n) is 4.18. The number of unbranched alkanes of at least 4 members (excludes halogenated alkanes) is 2. The first-order valence-corrected chi connectivity index (χ1v) is 15.3. The Hall–Kier alpha value is -2.12. The van der Waals surface area contributed by atoms with Gasteiger partial charge in [-0.2, -0.15) is 0 Å². The van der Waals surface area contributed by atoms with Gasteiger partial charge in [0, 0.05) is 0 Å². The van der Waals surface area contributed by atoms with Crippen molar-refractivity contribution in [3.8, 4) is 22.3 Å². The molecule has 0 heterocycles. The number of hydrogen-bond donors (Lipinski definition) is 0. The van der Waals surface area contributed by atoms with Gasteiger partial charge in [0.25, 0.3) is 0 Å². The van der Waals surface area contributed by atoms with Gasteiger partial charge in [0.1, 0.15) is 0 Å². The van der Waals surface area contributed by atoms with Crippen molar-refractivity contribution in [2.75, 3.05) is 0 Å². The molecule has 0 aromatic heterocycles. The van der Waals surface area contributed by atoms with Crippen molar-refractivity contribution in [1.82, 2.24) is 0 Å². The molecule has 0 spiro atoms. The third-order valence-electron chi connectivity index (χ3n) is 6.02. The van der Waals surface area contributed by atoms with E-state index in [2.05, 4.69) is 100 Å². The lowest BCUT2D eigenvalue weighted by Crippen LogP contribution is -2.39. The number of hydrogen-bond acceptors (Lipinski definition) is 0. The predicted molar refractivity (Wildman–Crippen MR) is 138 cm³/mol. The van der Waals surface area contributed by atoms with Gasteiger partial charge in [-0.05, 0) is 59.1 Å². The molecule has 0 aliphatic carbocycles. The van der Waals surface area contributed by atoms with Gasteiger partial charge >= 0.3 is 0 Å². The second-order valence-electron chi connectivity index (χ2n) is 9.58. The van der Waals surface area contributed by atoms with E-state index in [-0.39, 0.29) is 0 Å². The van der Waals surface area contributed by atoms with Crippen LogP contribution in [0.5, 0.6) is 0 Å². The molecule has 0 nitrogen and oxygen atoms in total. The molecule has 0 bridgehead atoms. The molecule has 0 N–H and O–H groups in total. The lowest BCUT2D eigenvalue weighted by Gasteiger charge is -2.24. The van der Waals surface area contributed by atoms with E-state index in [1.807, 2.05) is 0 Å². The summed E-state index contributed by atoms with van der Waals surface area (Å²) >= 11 is 0. The van der Waals surface area contributed by atoms with E-state index in [1.54, 1.807) is 5.19 Å². The summed E-state index contributed by atoms with van der Waals surface area (Å²) < 4.78 is 0. The van der Waals surface area contributed by atoms with Gasteiger partial charge in [0.2, 0.25) is 0 Å². The molecular formula is C29H38Si. The van der Waals surface area contributed by atoms with Gasteiger partial charge < -0.3 is 0 Å². The molecule has 3 aromatic rings. The molecule has 0 saturated heterocycles. The first-order valence-electron chi connectivity index (χ1n) is 11.8. The minimum atomic E-state index is -1.49. The highest BCUT2D eigenvalue weighted by Crippen LogP contribution is 2.33. The zero-order chi connectivity index (χ0) is 21.6. The molecule has 0 radical (unpaired) electrons. The van der Waals surface area contributed by atoms with Crippen LogP contribution in [0.25, 0.3) is 22.3 Å². The van der Waals surface area contributed by atoms with Crippen LogP contribution in [0.4, 0.5) is 0 Å². The molecule has 0 saturated carbocycles. The molecule has 1 heteroatoms. The Labute approximate surface area is 185 Å². The molecule has 0 fully saturated rings. The van der Waals surface area contributed by atoms with Gasteiger partial charge in [0.05, 0.1) is 8.07 Å². The summed E-state index contributed by atoms with van der Waals surface area (Å²) in [4.78, 5) is 0. The average molecular weight is 415 g/mol. The van der Waals surface area contributed by atoms with Crippen molar-refractivity contribution in [2.45, 2.75) is 72.0 Å². The van der Waals surface area contributed by atoms with E-state index < -0.39 is 8.07 Å². The van der Waals surface area contributed by atoms with Crippen molar-refractivity contribution < 1.29 is 0 Å². The maximum atomic E-state index is 2.46. The minimum Gasteiger partial charge on any atom is -0.0656 e. The predicted octanol–water partition coefficient (Wildman–Crippen LogP) is 8.25. The molecule has 0 amide bonds. The highest BCUT2D eigenvalue weighted by Gasteiger charge is 2.23. The smallest absolute Gasteiger partial charge is 0.0656 e. The Balaban J connectivity index is 2.06. The normalized spacial score (nSPS) is 11.6. The second kappa shape index (κ2) is 10.3. The van der Waals surface area contributed by atoms with Crippen LogP contribution in [-0.2, 0) is 12.8 Å². The number of benzene rings is 3. The SMILES string of the molecule is CCCCc1ccc(-c2cccc([Si](C)(C)C)c2-c2ccc(CCCC)cc2)cc1. The zero-order valence-electron chi connectivity index (χ0n) is 19.6. The Morgan fingerprint density at radius 3 is 1.57 bits per heavy atom. The maximum Gasteiger partial charge on any atom is 0.0784 e. The summed E-state index contributed by atoms with van der Waals surface area (Å²) in [5.74, 6) is 0. The topological polar surface area (TPSA) is 0 Å². The lowest BCUT2D eigenvalue weighted by molar-refractivity contribution is 0.795. The molecule has 3 rings (SSSR count). The van der Waals surface area contributed by atoms with Crippen molar-refractivity contribution in [1.29, 1.82) is 0 Å². The molecule has 3 aromatic carbocycles. The maximum absolute atomic E-state index is 2.46. The van der Waals surface area contributed by atoms with E-state index in [0.717, 1.165) is 0 Å². The standard InChI is InChI=1S/C29H38Si/c1-6-8-11-23-15-19-25(20-16-23)27-13-10-14-28(30(3,4)5)29(27)26-21-17-24(18-22-26)12-9-7-2/h10,13-22H,6-9,11-12H2,1-5H3. The van der Waals surface area contributed by atoms with Crippen molar-refractivity contribution >= 4 is 13.3 Å². The summed E-state index contributed by atoms with van der Waals surface area (Å²) in [6, 6.07) is 25.6. The monoisotopic (exact) mass is 414 g/mol. The van der Waals surface area contributed by atoms with Crippen LogP contribution in [0.15, 0.2) is 66.7 Å². The molecule has 0 aliphatic rings. The molecule has 0 aliphatic heterocycles. The van der Waals surface area contributed by atoms with Gasteiger partial charge in [-0.25, -0.2) is 0 Å². The van der Waals surface area contributed by atoms with Crippen LogP contribution >= 0.6 is 0 Å². The van der Waals surface area contributed by atoms with E-state index >= 15 is 0 Å². The van der Waals surface area contributed by atoms with Gasteiger partial charge in [-0.3, -0.25) is 0 Å². The first-order chi connectivity index (χ1) is 14.4. The summed E-state index contributed by atoms with van der Waals surface area (Å²) in [6.45, 7) is 11.9. The zero-order valence-corrected chi connectivity index (χ0v) is 20.6. The van der Waals surface area contributed by atoms with Crippen molar-refractivity contribution in [3.05, 3.63) is 77.9 Å². The van der Waals surface area contributed by atoms with Crippen LogP contribution in [0, 0.1) is 0 Å². The highest BCUT2D eigenvalue weighted by molar-refractivity contribution is 6.89. The van der Waals surface area contributed by atoms with E-state index in [1.165, 1.54) is 71.9 Å². The molecule has 158 valence electrons. The Morgan fingerprint density at radius 1 is 0.600 bits per heavy atom. The van der Waals surface area contributed by atoms with Crippen molar-refractivity contribution in [2.24, 2.45) is 0 Å². The minimum absolute atomic E-state index is 1.18. The first kappa shape index (κ1) is 22.6. The Morgan fingerprint density at radius 2 is 1.10 bits per heavy atom. The van der Waals surface area contributed by atoms with Gasteiger partial charge in [-0.15, -0.1) is 0 Å². The molecule has 0 unspecified atom stereocenters. The van der Waals surface area contributed by atoms with Gasteiger partial charge in [-0.1, -0.05) is 118 Å². The summed E-state index contributed by atoms with van der Waals surface area (Å²) in [5.41, 5.74) is 8.41. The van der Waals surface area contributed by atoms with Gasteiger partial charge in [0.15, 0.2) is 0 Å². The lowest BCUT2D eigenvalue weighted by atomic mass is 9.92. The van der Waals surface area contributed by atoms with E-state index in [0.29, 0.717) is 0 Å². The fourth-order valence-corrected chi connectivity index (χ4v) is 5.80. The highest BCUT2D eigenvalue weighted by atomic mass is 28.3. The Kier molecular flexibility index (Phi) is 7.72. The summed E-state index contributed by atoms with van der Waals surface area (Å²) in [5, 5.41) is 1.55. The Bertz CT molecular complexity index is 928. The second-order valence-corrected chi connectivity index (χ2v) is 14.6. The summed E-state index contributed by atoms with van der Waals surface area (Å²) in [7, 11) is -1.49. The quantitative estimate of drug-likeness (QED) is 0.309. The van der Waals surface area contributed by atoms with E-state index in [9.17, 15) is 0 Å². The average Bonchev–Trinajstić information content (AvgIpc) is 2.76. The summed E-state index contributed by atoms with van der Waals surface area (Å²) in [6.07, 6.45) is 7.38. The largest absolute Gasteiger partial charge is 0.0784 e. The third kappa shape index (κ3) is 5.52. The third-order valence-corrected chi connectivity index (χ3v) is 8.05. The number of rotatable bonds is 9. The fraction of sp³-hybridized carbons (Fsp3) is 0.379. The molecule has 30 heavy (non-hydrogen) atoms. The van der Waals surface area contributed by atoms with Crippen LogP contribution < -0.4 is 5.19 Å². The van der Waals surface area contributed by atoms with Crippen molar-refractivity contribution in [3.63, 3.8) is 0 Å². The molecule has 0 atom stereocenters. The van der Waals surface area contributed by atoms with Crippen LogP contribution in [0.2, 0.25) is 19.6 Å². The van der Waals surface area contributed by atoms with Crippen LogP contribution in [-0.4, -0.2) is 8.07 Å². The van der Waals surface area contributed by atoms with Crippen LogP contribution in [0.3, 0.4) is 0 Å². The number of aryl methyl sites for hydroxylation is 2. The molecular weight excluding hydrogens is 376 g/mol.